The van der Waals surface area contributed by atoms with Gasteiger partial charge in [-0.25, -0.2) is 0 Å². The fraction of sp³-hybridized carbons (Fsp3) is 1.00. The van der Waals surface area contributed by atoms with Gasteiger partial charge in [0.15, 0.2) is 0 Å². The Bertz CT molecular complexity index is 350. The molecule has 0 aromatic carbocycles. The van der Waals surface area contributed by atoms with E-state index in [0.29, 0.717) is 12.8 Å². The first-order chi connectivity index (χ1) is 13.1. The van der Waals surface area contributed by atoms with Crippen molar-refractivity contribution in [3.63, 3.8) is 0 Å². The first-order valence-corrected chi connectivity index (χ1v) is 13.9. The van der Waals surface area contributed by atoms with Gasteiger partial charge in [0.05, 0.1) is 5.04 Å². The summed E-state index contributed by atoms with van der Waals surface area (Å²) < 4.78 is 0. The van der Waals surface area contributed by atoms with Crippen molar-refractivity contribution in [1.82, 2.24) is 0 Å². The third-order valence-electron chi connectivity index (χ3n) is 6.51. The Morgan fingerprint density at radius 2 is 0.929 bits per heavy atom. The van der Waals surface area contributed by atoms with Gasteiger partial charge in [-0.15, -0.1) is 0 Å². The van der Waals surface area contributed by atoms with Gasteiger partial charge in [-0.3, -0.25) is 0 Å². The SMILES string of the molecule is CCCCCCCCCCCCCCCCC(CCC)(C(C)(C)N)[Si](O)(O)O. The molecule has 28 heavy (non-hydrogen) atoms. The summed E-state index contributed by atoms with van der Waals surface area (Å²) in [5.74, 6) is 0. The summed E-state index contributed by atoms with van der Waals surface area (Å²) in [7, 11) is -4.32. The molecule has 0 aliphatic heterocycles. The maximum Gasteiger partial charge on any atom is 0.501 e. The van der Waals surface area contributed by atoms with Gasteiger partial charge in [0, 0.05) is 5.54 Å². The van der Waals surface area contributed by atoms with Gasteiger partial charge in [-0.05, 0) is 26.7 Å². The summed E-state index contributed by atoms with van der Waals surface area (Å²) in [6.07, 6.45) is 20.1. The summed E-state index contributed by atoms with van der Waals surface area (Å²) in [4.78, 5) is 30.5. The van der Waals surface area contributed by atoms with Gasteiger partial charge in [-0.1, -0.05) is 110 Å². The Balaban J connectivity index is 3.90. The Morgan fingerprint density at radius 3 is 1.21 bits per heavy atom. The third kappa shape index (κ3) is 10.7. The van der Waals surface area contributed by atoms with E-state index in [1.54, 1.807) is 0 Å². The zero-order valence-corrected chi connectivity index (χ0v) is 20.4. The van der Waals surface area contributed by atoms with Crippen molar-refractivity contribution in [3.8, 4) is 0 Å². The zero-order chi connectivity index (χ0) is 21.5. The Hall–Kier alpha value is 0.0569. The maximum absolute atomic E-state index is 10.2. The Labute approximate surface area is 176 Å². The van der Waals surface area contributed by atoms with Crippen molar-refractivity contribution in [2.75, 3.05) is 0 Å². The minimum Gasteiger partial charge on any atom is -0.390 e. The molecule has 1 atom stereocenters. The van der Waals surface area contributed by atoms with E-state index in [2.05, 4.69) is 6.92 Å². The summed E-state index contributed by atoms with van der Waals surface area (Å²) in [5, 5.41) is -0.953. The highest BCUT2D eigenvalue weighted by atomic mass is 28.4. The van der Waals surface area contributed by atoms with Crippen LogP contribution in [0.4, 0.5) is 0 Å². The predicted octanol–water partition coefficient (Wildman–Crippen LogP) is 6.05. The van der Waals surface area contributed by atoms with Gasteiger partial charge < -0.3 is 20.1 Å². The van der Waals surface area contributed by atoms with Gasteiger partial charge in [0.1, 0.15) is 0 Å². The van der Waals surface area contributed by atoms with E-state index in [4.69, 9.17) is 5.73 Å². The quantitative estimate of drug-likeness (QED) is 0.152. The van der Waals surface area contributed by atoms with E-state index in [0.717, 1.165) is 19.3 Å². The molecular formula is C23H51NO3Si. The number of hydrogen-bond donors (Lipinski definition) is 4. The lowest BCUT2D eigenvalue weighted by molar-refractivity contribution is 0.122. The minimum atomic E-state index is -4.32. The summed E-state index contributed by atoms with van der Waals surface area (Å²) in [6.45, 7) is 7.90. The van der Waals surface area contributed by atoms with Crippen molar-refractivity contribution >= 4 is 8.80 Å². The largest absolute Gasteiger partial charge is 0.501 e. The van der Waals surface area contributed by atoms with Gasteiger partial charge in [0.25, 0.3) is 0 Å². The number of nitrogens with two attached hydrogens (primary N) is 1. The van der Waals surface area contributed by atoms with Gasteiger partial charge >= 0.3 is 8.80 Å². The molecule has 0 heterocycles. The molecular weight excluding hydrogens is 366 g/mol. The molecule has 0 rings (SSSR count). The van der Waals surface area contributed by atoms with Crippen LogP contribution in [0.3, 0.4) is 0 Å². The number of unbranched alkanes of at least 4 members (excludes halogenated alkanes) is 13. The van der Waals surface area contributed by atoms with E-state index in [9.17, 15) is 14.4 Å². The summed E-state index contributed by atoms with van der Waals surface area (Å²) >= 11 is 0. The molecule has 170 valence electrons. The highest BCUT2D eigenvalue weighted by molar-refractivity contribution is 6.60. The van der Waals surface area contributed by atoms with Crippen molar-refractivity contribution in [2.45, 2.75) is 147 Å². The molecule has 0 aromatic rings. The summed E-state index contributed by atoms with van der Waals surface area (Å²) in [5.41, 5.74) is 5.49. The molecule has 0 aromatic heterocycles. The van der Waals surface area contributed by atoms with Crippen LogP contribution in [0.5, 0.6) is 0 Å². The van der Waals surface area contributed by atoms with Crippen LogP contribution in [0, 0.1) is 0 Å². The molecule has 0 bridgehead atoms. The average molecular weight is 418 g/mol. The van der Waals surface area contributed by atoms with Crippen LogP contribution >= 0.6 is 0 Å². The van der Waals surface area contributed by atoms with Crippen LogP contribution in [0.2, 0.25) is 5.04 Å². The van der Waals surface area contributed by atoms with Crippen molar-refractivity contribution < 1.29 is 14.4 Å². The maximum atomic E-state index is 10.2. The van der Waals surface area contributed by atoms with E-state index >= 15 is 0 Å². The zero-order valence-electron chi connectivity index (χ0n) is 19.4. The highest BCUT2D eigenvalue weighted by Crippen LogP contribution is 2.51. The molecule has 0 fully saturated rings. The average Bonchev–Trinajstić information content (AvgIpc) is 2.59. The van der Waals surface area contributed by atoms with Crippen LogP contribution in [0.1, 0.15) is 137 Å². The first-order valence-electron chi connectivity index (χ1n) is 12.1. The monoisotopic (exact) mass is 417 g/mol. The third-order valence-corrected chi connectivity index (χ3v) is 8.94. The topological polar surface area (TPSA) is 86.7 Å². The van der Waals surface area contributed by atoms with Crippen LogP contribution in [-0.2, 0) is 0 Å². The minimum absolute atomic E-state index is 0.560. The second-order valence-electron chi connectivity index (χ2n) is 9.54. The molecule has 0 saturated heterocycles. The second kappa shape index (κ2) is 14.9. The Kier molecular flexibility index (Phi) is 15.0. The smallest absolute Gasteiger partial charge is 0.390 e. The second-order valence-corrected chi connectivity index (χ2v) is 11.8. The molecule has 0 aliphatic carbocycles. The first kappa shape index (κ1) is 28.1. The standard InChI is InChI=1S/C23H51NO3Si/c1-5-7-8-9-10-11-12-13-14-15-16-17-18-19-21-23(20-6-2,22(3,4)24)28(25,26)27/h25-27H,5-21,24H2,1-4H3. The molecule has 5 N–H and O–H groups in total. The normalized spacial score (nSPS) is 15.0. The molecule has 0 radical (unpaired) electrons. The molecule has 0 amide bonds. The van der Waals surface area contributed by atoms with Gasteiger partial charge in [0.2, 0.25) is 0 Å². The lowest BCUT2D eigenvalue weighted by Crippen LogP contribution is -2.62. The van der Waals surface area contributed by atoms with Crippen molar-refractivity contribution in [1.29, 1.82) is 0 Å². The highest BCUT2D eigenvalue weighted by Gasteiger charge is 2.59. The Morgan fingerprint density at radius 1 is 0.571 bits per heavy atom. The fourth-order valence-corrected chi connectivity index (χ4v) is 6.55. The number of hydrogen-bond acceptors (Lipinski definition) is 4. The van der Waals surface area contributed by atoms with Gasteiger partial charge in [-0.2, -0.15) is 0 Å². The van der Waals surface area contributed by atoms with E-state index in [1.807, 2.05) is 20.8 Å². The molecule has 0 aliphatic rings. The lowest BCUT2D eigenvalue weighted by atomic mass is 9.79. The molecule has 0 saturated carbocycles. The molecule has 0 spiro atoms. The molecule has 4 nitrogen and oxygen atoms in total. The van der Waals surface area contributed by atoms with Crippen LogP contribution in [-0.4, -0.2) is 28.7 Å². The lowest BCUT2D eigenvalue weighted by Gasteiger charge is -2.47. The van der Waals surface area contributed by atoms with Crippen molar-refractivity contribution in [2.24, 2.45) is 5.73 Å². The van der Waals surface area contributed by atoms with E-state index < -0.39 is 19.4 Å². The predicted molar refractivity (Wildman–Crippen MR) is 123 cm³/mol. The van der Waals surface area contributed by atoms with Crippen molar-refractivity contribution in [3.05, 3.63) is 0 Å². The molecule has 5 heteroatoms. The fourth-order valence-electron chi connectivity index (χ4n) is 4.59. The summed E-state index contributed by atoms with van der Waals surface area (Å²) in [6, 6.07) is 0. The van der Waals surface area contributed by atoms with Crippen LogP contribution in [0.25, 0.3) is 0 Å². The van der Waals surface area contributed by atoms with E-state index in [1.165, 1.54) is 77.0 Å². The van der Waals surface area contributed by atoms with Crippen LogP contribution < -0.4 is 5.73 Å². The number of rotatable bonds is 19. The molecule has 1 unspecified atom stereocenters. The van der Waals surface area contributed by atoms with E-state index in [-0.39, 0.29) is 0 Å². The van der Waals surface area contributed by atoms with Crippen LogP contribution in [0.15, 0.2) is 0 Å².